The van der Waals surface area contributed by atoms with Gasteiger partial charge in [-0.2, -0.15) is 0 Å². The molecule has 0 unspecified atom stereocenters. The Balaban J connectivity index is 1.89. The largest absolute Gasteiger partial charge is 0.382 e. The number of amides is 2. The second kappa shape index (κ2) is 10.4. The van der Waals surface area contributed by atoms with Crippen molar-refractivity contribution in [2.24, 2.45) is 0 Å². The highest BCUT2D eigenvalue weighted by Gasteiger charge is 2.23. The number of rotatable bonds is 8. The van der Waals surface area contributed by atoms with Crippen LogP contribution in [-0.4, -0.2) is 89.4 Å². The zero-order valence-electron chi connectivity index (χ0n) is 16.2. The van der Waals surface area contributed by atoms with Crippen molar-refractivity contribution in [3.8, 4) is 0 Å². The Morgan fingerprint density at radius 3 is 2.32 bits per heavy atom. The summed E-state index contributed by atoms with van der Waals surface area (Å²) in [5.74, 6) is -0.238. The Kier molecular flexibility index (Phi) is 8.21. The van der Waals surface area contributed by atoms with Gasteiger partial charge in [-0.1, -0.05) is 0 Å². The first-order valence-electron chi connectivity index (χ1n) is 9.02. The highest BCUT2D eigenvalue weighted by Crippen LogP contribution is 2.14. The van der Waals surface area contributed by atoms with Crippen LogP contribution in [0.4, 0.5) is 5.69 Å². The van der Waals surface area contributed by atoms with Crippen molar-refractivity contribution in [3.05, 3.63) is 29.8 Å². The Bertz CT molecular complexity index is 766. The molecule has 156 valence electrons. The van der Waals surface area contributed by atoms with Crippen molar-refractivity contribution in [2.45, 2.75) is 6.42 Å². The van der Waals surface area contributed by atoms with E-state index in [2.05, 4.69) is 4.72 Å². The fourth-order valence-corrected chi connectivity index (χ4v) is 3.40. The fraction of sp³-hybridized carbons (Fsp3) is 0.556. The maximum atomic E-state index is 12.7. The van der Waals surface area contributed by atoms with Crippen LogP contribution in [0.1, 0.15) is 16.8 Å². The standard InChI is InChI=1S/C18H27N3O6S/c1-26-12-13-27-14-17(22)20-8-3-9-21(11-10-20)18(23)15-4-6-16(7-5-15)19-28(2,24)25/h4-7,19H,3,8-14H2,1-2H3. The van der Waals surface area contributed by atoms with Gasteiger partial charge >= 0.3 is 0 Å². The molecule has 1 aromatic rings. The van der Waals surface area contributed by atoms with Crippen molar-refractivity contribution in [2.75, 3.05) is 64.1 Å². The molecule has 9 nitrogen and oxygen atoms in total. The first-order chi connectivity index (χ1) is 13.3. The monoisotopic (exact) mass is 413 g/mol. The van der Waals surface area contributed by atoms with E-state index in [1.807, 2.05) is 0 Å². The number of carbonyl (C=O) groups excluding carboxylic acids is 2. The van der Waals surface area contributed by atoms with Gasteiger partial charge in [-0.15, -0.1) is 0 Å². The summed E-state index contributed by atoms with van der Waals surface area (Å²) in [5.41, 5.74) is 0.877. The van der Waals surface area contributed by atoms with Crippen molar-refractivity contribution < 1.29 is 27.5 Å². The third-order valence-corrected chi connectivity index (χ3v) is 4.83. The van der Waals surface area contributed by atoms with Gasteiger partial charge in [-0.25, -0.2) is 8.42 Å². The first kappa shape index (κ1) is 22.1. The van der Waals surface area contributed by atoms with Crippen LogP contribution in [0.25, 0.3) is 0 Å². The van der Waals surface area contributed by atoms with Crippen molar-refractivity contribution >= 4 is 27.5 Å². The van der Waals surface area contributed by atoms with Gasteiger partial charge in [0.1, 0.15) is 6.61 Å². The molecule has 10 heteroatoms. The molecule has 0 bridgehead atoms. The zero-order valence-corrected chi connectivity index (χ0v) is 17.0. The molecule has 2 rings (SSSR count). The van der Waals surface area contributed by atoms with Gasteiger partial charge in [0.15, 0.2) is 0 Å². The van der Waals surface area contributed by atoms with Crippen LogP contribution in [0.3, 0.4) is 0 Å². The molecule has 0 radical (unpaired) electrons. The zero-order chi connectivity index (χ0) is 20.6. The minimum atomic E-state index is -3.36. The average Bonchev–Trinajstić information content (AvgIpc) is 2.90. The number of sulfonamides is 1. The maximum absolute atomic E-state index is 12.7. The number of nitrogens with zero attached hydrogens (tertiary/aromatic N) is 2. The summed E-state index contributed by atoms with van der Waals surface area (Å²) in [6, 6.07) is 6.29. The molecule has 28 heavy (non-hydrogen) atoms. The summed E-state index contributed by atoms with van der Waals surface area (Å²) in [4.78, 5) is 28.3. The molecule has 1 aromatic carbocycles. The summed E-state index contributed by atoms with van der Waals surface area (Å²) in [5, 5.41) is 0. The Hall–Kier alpha value is -2.17. The number of methoxy groups -OCH3 is 1. The Morgan fingerprint density at radius 2 is 1.68 bits per heavy atom. The van der Waals surface area contributed by atoms with E-state index in [0.29, 0.717) is 57.1 Å². The number of hydrogen-bond donors (Lipinski definition) is 1. The minimum Gasteiger partial charge on any atom is -0.382 e. The normalized spacial score (nSPS) is 15.2. The second-order valence-electron chi connectivity index (χ2n) is 6.52. The van der Waals surface area contributed by atoms with Gasteiger partial charge in [0.05, 0.1) is 19.5 Å². The lowest BCUT2D eigenvalue weighted by Gasteiger charge is -2.22. The van der Waals surface area contributed by atoms with E-state index in [1.165, 1.54) is 0 Å². The molecule has 1 aliphatic heterocycles. The van der Waals surface area contributed by atoms with Gasteiger partial charge in [0, 0.05) is 44.5 Å². The lowest BCUT2D eigenvalue weighted by molar-refractivity contribution is -0.136. The summed E-state index contributed by atoms with van der Waals surface area (Å²) in [6.45, 7) is 2.83. The molecule has 0 atom stereocenters. The quantitative estimate of drug-likeness (QED) is 0.619. The van der Waals surface area contributed by atoms with E-state index in [1.54, 1.807) is 41.2 Å². The lowest BCUT2D eigenvalue weighted by atomic mass is 10.2. The van der Waals surface area contributed by atoms with E-state index in [-0.39, 0.29) is 18.4 Å². The predicted molar refractivity (Wildman–Crippen MR) is 105 cm³/mol. The SMILES string of the molecule is COCCOCC(=O)N1CCCN(C(=O)c2ccc(NS(C)(=O)=O)cc2)CC1. The summed E-state index contributed by atoms with van der Waals surface area (Å²) >= 11 is 0. The molecule has 1 aliphatic rings. The molecule has 0 aromatic heterocycles. The molecule has 1 saturated heterocycles. The highest BCUT2D eigenvalue weighted by molar-refractivity contribution is 7.92. The number of anilines is 1. The van der Waals surface area contributed by atoms with E-state index in [4.69, 9.17) is 9.47 Å². The predicted octanol–water partition coefficient (Wildman–Crippen LogP) is 0.396. The number of nitrogens with one attached hydrogen (secondary N) is 1. The van der Waals surface area contributed by atoms with Gasteiger partial charge in [0.2, 0.25) is 15.9 Å². The molecular formula is C18H27N3O6S. The molecule has 2 amide bonds. The Labute approximate surface area is 165 Å². The highest BCUT2D eigenvalue weighted by atomic mass is 32.2. The van der Waals surface area contributed by atoms with Gasteiger partial charge in [-0.05, 0) is 30.7 Å². The smallest absolute Gasteiger partial charge is 0.253 e. The Morgan fingerprint density at radius 1 is 1.04 bits per heavy atom. The topological polar surface area (TPSA) is 105 Å². The average molecular weight is 413 g/mol. The van der Waals surface area contributed by atoms with E-state index in [0.717, 1.165) is 6.26 Å². The third-order valence-electron chi connectivity index (χ3n) is 4.23. The summed E-state index contributed by atoms with van der Waals surface area (Å²) < 4.78 is 35.0. The molecule has 0 aliphatic carbocycles. The van der Waals surface area contributed by atoms with Crippen LogP contribution < -0.4 is 4.72 Å². The second-order valence-corrected chi connectivity index (χ2v) is 8.27. The van der Waals surface area contributed by atoms with E-state index < -0.39 is 10.0 Å². The molecule has 1 heterocycles. The van der Waals surface area contributed by atoms with Crippen LogP contribution >= 0.6 is 0 Å². The van der Waals surface area contributed by atoms with Crippen LogP contribution in [-0.2, 0) is 24.3 Å². The molecular weight excluding hydrogens is 386 g/mol. The number of ether oxygens (including phenoxy) is 2. The lowest BCUT2D eigenvalue weighted by Crippen LogP contribution is -2.39. The summed E-state index contributed by atoms with van der Waals surface area (Å²) in [7, 11) is -1.79. The van der Waals surface area contributed by atoms with Crippen LogP contribution in [0.5, 0.6) is 0 Å². The van der Waals surface area contributed by atoms with Crippen LogP contribution in [0.2, 0.25) is 0 Å². The number of benzene rings is 1. The van der Waals surface area contributed by atoms with Crippen molar-refractivity contribution in [1.29, 1.82) is 0 Å². The molecule has 0 saturated carbocycles. The number of hydrogen-bond acceptors (Lipinski definition) is 6. The fourth-order valence-electron chi connectivity index (χ4n) is 2.84. The van der Waals surface area contributed by atoms with Gasteiger partial charge < -0.3 is 19.3 Å². The van der Waals surface area contributed by atoms with Gasteiger partial charge in [0.25, 0.3) is 5.91 Å². The maximum Gasteiger partial charge on any atom is 0.253 e. The minimum absolute atomic E-state index is 0.00606. The third kappa shape index (κ3) is 7.10. The van der Waals surface area contributed by atoms with Crippen LogP contribution in [0.15, 0.2) is 24.3 Å². The van der Waals surface area contributed by atoms with Crippen molar-refractivity contribution in [3.63, 3.8) is 0 Å². The summed E-state index contributed by atoms with van der Waals surface area (Å²) in [6.07, 6.45) is 1.75. The van der Waals surface area contributed by atoms with E-state index in [9.17, 15) is 18.0 Å². The van der Waals surface area contributed by atoms with Crippen LogP contribution in [0, 0.1) is 0 Å². The van der Waals surface area contributed by atoms with Gasteiger partial charge in [-0.3, -0.25) is 14.3 Å². The van der Waals surface area contributed by atoms with E-state index >= 15 is 0 Å². The number of carbonyl (C=O) groups is 2. The molecule has 0 spiro atoms. The molecule has 1 fully saturated rings. The van der Waals surface area contributed by atoms with Crippen molar-refractivity contribution in [1.82, 2.24) is 9.80 Å². The molecule has 1 N–H and O–H groups in total. The first-order valence-corrected chi connectivity index (χ1v) is 10.9.